The topological polar surface area (TPSA) is 48.0 Å². The number of benzene rings is 1. The van der Waals surface area contributed by atoms with Gasteiger partial charge in [-0.1, -0.05) is 15.9 Å². The summed E-state index contributed by atoms with van der Waals surface area (Å²) in [5, 5.41) is 0. The highest BCUT2D eigenvalue weighted by Crippen LogP contribution is 2.25. The Labute approximate surface area is 126 Å². The van der Waals surface area contributed by atoms with Crippen molar-refractivity contribution in [2.45, 2.75) is 0 Å². The molecular weight excluding hydrogens is 326 g/mol. The first kappa shape index (κ1) is 15.3. The van der Waals surface area contributed by atoms with E-state index in [9.17, 15) is 4.79 Å². The highest BCUT2D eigenvalue weighted by Gasteiger charge is 2.21. The number of ether oxygens (including phenoxy) is 3. The zero-order valence-electron chi connectivity index (χ0n) is 11.4. The van der Waals surface area contributed by atoms with Gasteiger partial charge in [-0.15, -0.1) is 0 Å². The molecule has 1 heterocycles. The molecule has 6 heteroatoms. The number of morpholine rings is 1. The van der Waals surface area contributed by atoms with E-state index >= 15 is 0 Å². The lowest BCUT2D eigenvalue weighted by molar-refractivity contribution is 0.0299. The largest absolute Gasteiger partial charge is 0.490 e. The fraction of sp³-hybridized carbons (Fsp3) is 0.500. The van der Waals surface area contributed by atoms with E-state index in [4.69, 9.17) is 14.2 Å². The SMILES string of the molecule is COCCOc1cc(Br)ccc1C(=O)N1CCOCC1. The molecule has 20 heavy (non-hydrogen) atoms. The predicted octanol–water partition coefficient (Wildman–Crippen LogP) is 1.95. The van der Waals surface area contributed by atoms with Crippen LogP contribution in [0, 0.1) is 0 Å². The van der Waals surface area contributed by atoms with E-state index in [0.717, 1.165) is 4.47 Å². The van der Waals surface area contributed by atoms with Crippen molar-refractivity contribution in [3.05, 3.63) is 28.2 Å². The molecular formula is C14H18BrNO4. The van der Waals surface area contributed by atoms with Crippen LogP contribution in [0.3, 0.4) is 0 Å². The summed E-state index contributed by atoms with van der Waals surface area (Å²) in [5.74, 6) is 0.557. The minimum Gasteiger partial charge on any atom is -0.490 e. The van der Waals surface area contributed by atoms with Crippen LogP contribution < -0.4 is 4.74 Å². The molecule has 1 fully saturated rings. The van der Waals surface area contributed by atoms with Gasteiger partial charge in [0.1, 0.15) is 12.4 Å². The highest BCUT2D eigenvalue weighted by molar-refractivity contribution is 9.10. The van der Waals surface area contributed by atoms with Gasteiger partial charge in [0.25, 0.3) is 5.91 Å². The number of methoxy groups -OCH3 is 1. The fourth-order valence-electron chi connectivity index (χ4n) is 1.96. The Bertz CT molecular complexity index is 460. The summed E-state index contributed by atoms with van der Waals surface area (Å²) >= 11 is 3.39. The molecule has 110 valence electrons. The molecule has 0 unspecified atom stereocenters. The third-order valence-corrected chi connectivity index (χ3v) is 3.51. The zero-order chi connectivity index (χ0) is 14.4. The Balaban J connectivity index is 2.14. The molecule has 1 aromatic carbocycles. The maximum Gasteiger partial charge on any atom is 0.257 e. The lowest BCUT2D eigenvalue weighted by Gasteiger charge is -2.27. The van der Waals surface area contributed by atoms with Gasteiger partial charge >= 0.3 is 0 Å². The Morgan fingerprint density at radius 3 is 2.80 bits per heavy atom. The summed E-state index contributed by atoms with van der Waals surface area (Å²) < 4.78 is 16.7. The van der Waals surface area contributed by atoms with Crippen molar-refractivity contribution in [3.63, 3.8) is 0 Å². The van der Waals surface area contributed by atoms with Crippen molar-refractivity contribution in [3.8, 4) is 5.75 Å². The number of hydrogen-bond donors (Lipinski definition) is 0. The number of amides is 1. The van der Waals surface area contributed by atoms with Crippen molar-refractivity contribution in [2.75, 3.05) is 46.6 Å². The molecule has 5 nitrogen and oxygen atoms in total. The van der Waals surface area contributed by atoms with Gasteiger partial charge in [0.15, 0.2) is 0 Å². The third-order valence-electron chi connectivity index (χ3n) is 3.02. The van der Waals surface area contributed by atoms with E-state index in [1.165, 1.54) is 0 Å². The van der Waals surface area contributed by atoms with E-state index in [0.29, 0.717) is 50.8 Å². The van der Waals surface area contributed by atoms with Crippen LogP contribution in [0.5, 0.6) is 5.75 Å². The van der Waals surface area contributed by atoms with Gasteiger partial charge in [-0.3, -0.25) is 4.79 Å². The Hall–Kier alpha value is -1.11. The molecule has 2 rings (SSSR count). The lowest BCUT2D eigenvalue weighted by Crippen LogP contribution is -2.40. The monoisotopic (exact) mass is 343 g/mol. The summed E-state index contributed by atoms with van der Waals surface area (Å²) in [5.41, 5.74) is 0.575. The van der Waals surface area contributed by atoms with Crippen molar-refractivity contribution in [1.82, 2.24) is 4.90 Å². The summed E-state index contributed by atoms with van der Waals surface area (Å²) in [7, 11) is 1.62. The van der Waals surface area contributed by atoms with Crippen molar-refractivity contribution >= 4 is 21.8 Å². The number of halogens is 1. The van der Waals surface area contributed by atoms with Crippen LogP contribution in [0.1, 0.15) is 10.4 Å². The summed E-state index contributed by atoms with van der Waals surface area (Å²) in [6.45, 7) is 3.30. The van der Waals surface area contributed by atoms with Gasteiger partial charge in [0, 0.05) is 24.7 Å². The summed E-state index contributed by atoms with van der Waals surface area (Å²) in [6, 6.07) is 5.43. The lowest BCUT2D eigenvalue weighted by atomic mass is 10.1. The fourth-order valence-corrected chi connectivity index (χ4v) is 2.30. The van der Waals surface area contributed by atoms with Crippen LogP contribution in [0.2, 0.25) is 0 Å². The quantitative estimate of drug-likeness (QED) is 0.766. The zero-order valence-corrected chi connectivity index (χ0v) is 13.0. The highest BCUT2D eigenvalue weighted by atomic mass is 79.9. The van der Waals surface area contributed by atoms with Gasteiger partial charge < -0.3 is 19.1 Å². The second-order valence-electron chi connectivity index (χ2n) is 4.39. The molecule has 0 aromatic heterocycles. The molecule has 1 aromatic rings. The van der Waals surface area contributed by atoms with Crippen LogP contribution in [0.25, 0.3) is 0 Å². The van der Waals surface area contributed by atoms with E-state index in [1.54, 1.807) is 18.1 Å². The van der Waals surface area contributed by atoms with Crippen molar-refractivity contribution in [1.29, 1.82) is 0 Å². The maximum absolute atomic E-state index is 12.5. The predicted molar refractivity (Wildman–Crippen MR) is 78.2 cm³/mol. The molecule has 1 aliphatic rings. The van der Waals surface area contributed by atoms with Crippen molar-refractivity contribution in [2.24, 2.45) is 0 Å². The van der Waals surface area contributed by atoms with E-state index in [1.807, 2.05) is 12.1 Å². The minimum absolute atomic E-state index is 0.0202. The standard InChI is InChI=1S/C14H18BrNO4/c1-18-8-9-20-13-10-11(15)2-3-12(13)14(17)16-4-6-19-7-5-16/h2-3,10H,4-9H2,1H3. The van der Waals surface area contributed by atoms with Crippen LogP contribution in [0.4, 0.5) is 0 Å². The average molecular weight is 344 g/mol. The molecule has 0 radical (unpaired) electrons. The minimum atomic E-state index is -0.0202. The Kier molecular flexibility index (Phi) is 5.82. The molecule has 1 amide bonds. The summed E-state index contributed by atoms with van der Waals surface area (Å²) in [4.78, 5) is 14.3. The molecule has 1 saturated heterocycles. The Morgan fingerprint density at radius 1 is 1.35 bits per heavy atom. The average Bonchev–Trinajstić information content (AvgIpc) is 2.48. The molecule has 0 N–H and O–H groups in total. The van der Waals surface area contributed by atoms with Gasteiger partial charge in [-0.25, -0.2) is 0 Å². The first-order chi connectivity index (χ1) is 9.72. The van der Waals surface area contributed by atoms with Gasteiger partial charge in [0.2, 0.25) is 0 Å². The third kappa shape index (κ3) is 3.94. The number of carbonyl (C=O) groups is 1. The molecule has 0 aliphatic carbocycles. The number of rotatable bonds is 5. The molecule has 0 saturated carbocycles. The van der Waals surface area contributed by atoms with Crippen molar-refractivity contribution < 1.29 is 19.0 Å². The van der Waals surface area contributed by atoms with E-state index in [-0.39, 0.29) is 5.91 Å². The number of carbonyl (C=O) groups excluding carboxylic acids is 1. The first-order valence-corrected chi connectivity index (χ1v) is 7.30. The van der Waals surface area contributed by atoms with Gasteiger partial charge in [-0.2, -0.15) is 0 Å². The van der Waals surface area contributed by atoms with E-state index < -0.39 is 0 Å². The normalized spacial score (nSPS) is 15.2. The molecule has 0 spiro atoms. The maximum atomic E-state index is 12.5. The second-order valence-corrected chi connectivity index (χ2v) is 5.30. The second kappa shape index (κ2) is 7.61. The van der Waals surface area contributed by atoms with Gasteiger partial charge in [-0.05, 0) is 18.2 Å². The first-order valence-electron chi connectivity index (χ1n) is 6.50. The summed E-state index contributed by atoms with van der Waals surface area (Å²) in [6.07, 6.45) is 0. The van der Waals surface area contributed by atoms with Crippen LogP contribution >= 0.6 is 15.9 Å². The van der Waals surface area contributed by atoms with Crippen LogP contribution in [-0.2, 0) is 9.47 Å². The number of nitrogens with zero attached hydrogens (tertiary/aromatic N) is 1. The number of hydrogen-bond acceptors (Lipinski definition) is 4. The van der Waals surface area contributed by atoms with E-state index in [2.05, 4.69) is 15.9 Å². The molecule has 0 atom stereocenters. The smallest absolute Gasteiger partial charge is 0.257 e. The van der Waals surface area contributed by atoms with Crippen LogP contribution in [-0.4, -0.2) is 57.4 Å². The van der Waals surface area contributed by atoms with Crippen LogP contribution in [0.15, 0.2) is 22.7 Å². The molecule has 1 aliphatic heterocycles. The molecule has 0 bridgehead atoms. The van der Waals surface area contributed by atoms with Gasteiger partial charge in [0.05, 0.1) is 25.4 Å². The Morgan fingerprint density at radius 2 is 2.10 bits per heavy atom.